The molecule has 0 bridgehead atoms. The van der Waals surface area contributed by atoms with Crippen LogP contribution in [0.2, 0.25) is 5.02 Å². The number of halogens is 1. The average Bonchev–Trinajstić information content (AvgIpc) is 3.31. The van der Waals surface area contributed by atoms with Crippen molar-refractivity contribution in [2.45, 2.75) is 12.1 Å². The highest BCUT2D eigenvalue weighted by molar-refractivity contribution is 6.31. The van der Waals surface area contributed by atoms with Gasteiger partial charge in [0.25, 0.3) is 11.6 Å². The highest BCUT2D eigenvalue weighted by Crippen LogP contribution is 2.49. The molecule has 0 aliphatic carbocycles. The molecule has 2 fully saturated rings. The molecule has 2 heterocycles. The number of non-ortho nitro benzene ring substituents is 1. The summed E-state index contributed by atoms with van der Waals surface area (Å²) in [6.07, 6.45) is -1.08. The van der Waals surface area contributed by atoms with Crippen molar-refractivity contribution in [3.05, 3.63) is 99.6 Å². The van der Waals surface area contributed by atoms with Gasteiger partial charge in [0, 0.05) is 22.7 Å². The van der Waals surface area contributed by atoms with Gasteiger partial charge in [-0.25, -0.2) is 9.96 Å². The number of nitrogens with zero attached hydrogens (tertiary/aromatic N) is 3. The molecule has 2 aliphatic heterocycles. The molecule has 0 unspecified atom stereocenters. The normalized spacial score (nSPS) is 22.3. The van der Waals surface area contributed by atoms with Crippen LogP contribution in [0.15, 0.2) is 78.9 Å². The number of hydroxylamine groups is 1. The highest BCUT2D eigenvalue weighted by atomic mass is 35.5. The monoisotopic (exact) mass is 449 g/mol. The molecule has 2 saturated heterocycles. The van der Waals surface area contributed by atoms with Crippen molar-refractivity contribution in [3.8, 4) is 0 Å². The minimum atomic E-state index is -1.08. The lowest BCUT2D eigenvalue weighted by Gasteiger charge is -2.29. The number of anilines is 2. The maximum absolute atomic E-state index is 13.5. The number of carbonyl (C=O) groups excluding carboxylic acids is 2. The van der Waals surface area contributed by atoms with Crippen molar-refractivity contribution in [2.75, 3.05) is 9.96 Å². The zero-order valence-electron chi connectivity index (χ0n) is 16.5. The second kappa shape index (κ2) is 7.74. The van der Waals surface area contributed by atoms with Gasteiger partial charge in [-0.3, -0.25) is 24.5 Å². The van der Waals surface area contributed by atoms with E-state index in [2.05, 4.69) is 0 Å². The van der Waals surface area contributed by atoms with Crippen LogP contribution >= 0.6 is 11.6 Å². The molecule has 5 rings (SSSR count). The van der Waals surface area contributed by atoms with E-state index in [0.717, 1.165) is 4.90 Å². The molecular weight excluding hydrogens is 434 g/mol. The first-order chi connectivity index (χ1) is 15.5. The molecule has 0 aromatic heterocycles. The topological polar surface area (TPSA) is 93.0 Å². The maximum atomic E-state index is 13.5. The van der Waals surface area contributed by atoms with E-state index in [9.17, 15) is 19.7 Å². The van der Waals surface area contributed by atoms with Crippen molar-refractivity contribution in [2.24, 2.45) is 5.92 Å². The summed E-state index contributed by atoms with van der Waals surface area (Å²) in [4.78, 5) is 44.7. The van der Waals surface area contributed by atoms with Crippen molar-refractivity contribution in [3.63, 3.8) is 0 Å². The van der Waals surface area contributed by atoms with Crippen LogP contribution in [0.25, 0.3) is 0 Å². The van der Waals surface area contributed by atoms with Gasteiger partial charge in [0.2, 0.25) is 5.91 Å². The standard InChI is InChI=1S/C23H16ClN3O5/c24-18-12-11-16(27(30)31)13-17(18)20-19-21(32-26(20)15-9-5-2-6-10-15)23(29)25(22(19)28)14-7-3-1-4-8-14/h1-13,19-21H/t19-,20+,21-/m1/s1. The Balaban J connectivity index is 1.64. The molecular formula is C23H16ClN3O5. The van der Waals surface area contributed by atoms with E-state index in [4.69, 9.17) is 16.4 Å². The Morgan fingerprint density at radius 1 is 0.875 bits per heavy atom. The molecule has 3 aromatic carbocycles. The molecule has 3 aromatic rings. The van der Waals surface area contributed by atoms with Gasteiger partial charge >= 0.3 is 0 Å². The van der Waals surface area contributed by atoms with Crippen molar-refractivity contribution in [1.82, 2.24) is 0 Å². The fourth-order valence-corrected chi connectivity index (χ4v) is 4.46. The van der Waals surface area contributed by atoms with Crippen LogP contribution in [0.4, 0.5) is 17.1 Å². The van der Waals surface area contributed by atoms with Gasteiger partial charge in [-0.1, -0.05) is 48.0 Å². The number of hydrogen-bond donors (Lipinski definition) is 0. The van der Waals surface area contributed by atoms with E-state index in [0.29, 0.717) is 16.9 Å². The first-order valence-electron chi connectivity index (χ1n) is 9.85. The molecule has 3 atom stereocenters. The van der Waals surface area contributed by atoms with Crippen LogP contribution in [-0.4, -0.2) is 22.8 Å². The van der Waals surface area contributed by atoms with E-state index < -0.39 is 34.8 Å². The zero-order valence-corrected chi connectivity index (χ0v) is 17.3. The molecule has 0 spiro atoms. The Kier molecular flexibility index (Phi) is 4.88. The van der Waals surface area contributed by atoms with Crippen molar-refractivity contribution in [1.29, 1.82) is 0 Å². The molecule has 0 radical (unpaired) electrons. The summed E-state index contributed by atoms with van der Waals surface area (Å²) in [7, 11) is 0. The summed E-state index contributed by atoms with van der Waals surface area (Å²) in [6.45, 7) is 0. The number of imide groups is 1. The average molecular weight is 450 g/mol. The van der Waals surface area contributed by atoms with Crippen LogP contribution < -0.4 is 9.96 Å². The Morgan fingerprint density at radius 2 is 1.50 bits per heavy atom. The van der Waals surface area contributed by atoms with Crippen LogP contribution in [0.1, 0.15) is 11.6 Å². The summed E-state index contributed by atoms with van der Waals surface area (Å²) in [5, 5.41) is 13.1. The second-order valence-electron chi connectivity index (χ2n) is 7.47. The van der Waals surface area contributed by atoms with Gasteiger partial charge in [0.05, 0.1) is 22.3 Å². The van der Waals surface area contributed by atoms with Crippen LogP contribution in [0.5, 0.6) is 0 Å². The quantitative estimate of drug-likeness (QED) is 0.335. The third-order valence-electron chi connectivity index (χ3n) is 5.65. The summed E-state index contributed by atoms with van der Waals surface area (Å²) in [5.74, 6) is -1.86. The molecule has 160 valence electrons. The second-order valence-corrected chi connectivity index (χ2v) is 7.88. The number of amides is 2. The largest absolute Gasteiger partial charge is 0.273 e. The minimum absolute atomic E-state index is 0.169. The van der Waals surface area contributed by atoms with Gasteiger partial charge in [0.1, 0.15) is 5.92 Å². The predicted octanol–water partition coefficient (Wildman–Crippen LogP) is 4.30. The van der Waals surface area contributed by atoms with Crippen LogP contribution in [0.3, 0.4) is 0 Å². The molecule has 0 saturated carbocycles. The van der Waals surface area contributed by atoms with Crippen molar-refractivity contribution >= 4 is 40.5 Å². The fraction of sp³-hybridized carbons (Fsp3) is 0.130. The van der Waals surface area contributed by atoms with Crippen molar-refractivity contribution < 1.29 is 19.3 Å². The zero-order chi connectivity index (χ0) is 22.4. The van der Waals surface area contributed by atoms with Gasteiger partial charge in [-0.15, -0.1) is 0 Å². The summed E-state index contributed by atoms with van der Waals surface area (Å²) in [6, 6.07) is 20.7. The molecule has 8 nitrogen and oxygen atoms in total. The summed E-state index contributed by atoms with van der Waals surface area (Å²) in [5.41, 5.74) is 1.21. The predicted molar refractivity (Wildman–Crippen MR) is 117 cm³/mol. The lowest BCUT2D eigenvalue weighted by Crippen LogP contribution is -2.37. The van der Waals surface area contributed by atoms with Gasteiger partial charge < -0.3 is 0 Å². The third kappa shape index (κ3) is 3.12. The lowest BCUT2D eigenvalue weighted by atomic mass is 9.90. The van der Waals surface area contributed by atoms with Crippen LogP contribution in [0, 0.1) is 16.0 Å². The van der Waals surface area contributed by atoms with Gasteiger partial charge in [0.15, 0.2) is 6.10 Å². The molecule has 9 heteroatoms. The first-order valence-corrected chi connectivity index (χ1v) is 10.2. The highest BCUT2D eigenvalue weighted by Gasteiger charge is 2.60. The Hall–Kier alpha value is -3.75. The number of hydrogen-bond acceptors (Lipinski definition) is 6. The number of carbonyl (C=O) groups is 2. The minimum Gasteiger partial charge on any atom is -0.273 e. The Labute approximate surface area is 187 Å². The molecule has 2 aliphatic rings. The Morgan fingerprint density at radius 3 is 2.12 bits per heavy atom. The maximum Gasteiger partial charge on any atom is 0.269 e. The fourth-order valence-electron chi connectivity index (χ4n) is 4.23. The van der Waals surface area contributed by atoms with E-state index in [-0.39, 0.29) is 10.7 Å². The SMILES string of the molecule is O=C1[C@H]2[C@@H](ON(c3ccccc3)[C@H]2c2cc([N+](=O)[O-])ccc2Cl)C(=O)N1c1ccccc1. The van der Waals surface area contributed by atoms with Gasteiger partial charge in [-0.05, 0) is 30.3 Å². The number of para-hydroxylation sites is 2. The van der Waals surface area contributed by atoms with E-state index in [1.54, 1.807) is 54.6 Å². The molecule has 0 N–H and O–H groups in total. The lowest BCUT2D eigenvalue weighted by molar-refractivity contribution is -0.384. The van der Waals surface area contributed by atoms with Crippen LogP contribution in [-0.2, 0) is 14.4 Å². The third-order valence-corrected chi connectivity index (χ3v) is 5.99. The number of fused-ring (bicyclic) bond motifs is 1. The number of nitro groups is 1. The Bertz CT molecular complexity index is 1220. The number of rotatable bonds is 4. The van der Waals surface area contributed by atoms with E-state index in [1.165, 1.54) is 23.3 Å². The molecule has 2 amide bonds. The van der Waals surface area contributed by atoms with Gasteiger partial charge in [-0.2, -0.15) is 0 Å². The summed E-state index contributed by atoms with van der Waals surface area (Å²) >= 11 is 6.45. The molecule has 32 heavy (non-hydrogen) atoms. The van der Waals surface area contributed by atoms with E-state index in [1.807, 2.05) is 6.07 Å². The number of benzene rings is 3. The summed E-state index contributed by atoms with van der Waals surface area (Å²) < 4.78 is 0. The smallest absolute Gasteiger partial charge is 0.269 e. The first kappa shape index (κ1) is 20.2. The number of nitro benzene ring substituents is 1. The van der Waals surface area contributed by atoms with E-state index >= 15 is 0 Å².